The highest BCUT2D eigenvalue weighted by atomic mass is 16.5. The normalized spacial score (nSPS) is 14.1. The minimum atomic E-state index is -0.344. The number of amides is 2. The molecular formula is C22H26N2O4. The Hall–Kier alpha value is -3.02. The van der Waals surface area contributed by atoms with E-state index in [0.717, 1.165) is 31.4 Å². The summed E-state index contributed by atoms with van der Waals surface area (Å²) >= 11 is 0. The van der Waals surface area contributed by atoms with Gasteiger partial charge >= 0.3 is 0 Å². The molecule has 1 aliphatic carbocycles. The number of hydrogen-bond acceptors (Lipinski definition) is 4. The van der Waals surface area contributed by atoms with Gasteiger partial charge in [-0.2, -0.15) is 0 Å². The number of hydrazine groups is 1. The van der Waals surface area contributed by atoms with Crippen LogP contribution in [0.15, 0.2) is 54.6 Å². The molecule has 1 fully saturated rings. The van der Waals surface area contributed by atoms with Gasteiger partial charge in [0.2, 0.25) is 5.91 Å². The average molecular weight is 382 g/mol. The first-order chi connectivity index (χ1) is 13.7. The van der Waals surface area contributed by atoms with Gasteiger partial charge in [0.1, 0.15) is 24.7 Å². The molecule has 0 saturated heterocycles. The Morgan fingerprint density at radius 1 is 0.786 bits per heavy atom. The van der Waals surface area contributed by atoms with Crippen molar-refractivity contribution in [1.82, 2.24) is 10.9 Å². The Morgan fingerprint density at radius 2 is 1.39 bits per heavy atom. The van der Waals surface area contributed by atoms with Crippen LogP contribution in [0.25, 0.3) is 0 Å². The van der Waals surface area contributed by atoms with Crippen molar-refractivity contribution in [2.45, 2.75) is 32.1 Å². The molecule has 0 unspecified atom stereocenters. The molecule has 2 N–H and O–H groups in total. The Labute approximate surface area is 165 Å². The average Bonchev–Trinajstić information content (AvgIpc) is 2.76. The second-order valence-corrected chi connectivity index (χ2v) is 6.81. The second-order valence-electron chi connectivity index (χ2n) is 6.81. The van der Waals surface area contributed by atoms with E-state index in [0.29, 0.717) is 24.5 Å². The van der Waals surface area contributed by atoms with Crippen molar-refractivity contribution in [2.75, 3.05) is 13.2 Å². The standard InChI is InChI=1S/C22H26N2O4/c25-21(17-7-3-1-4-8-17)23-24-22(26)18-11-13-20(14-12-18)28-16-15-27-19-9-5-2-6-10-19/h2,5-6,9-14,17H,1,3-4,7-8,15-16H2,(H,23,25)(H,24,26). The number of carbonyl (C=O) groups is 2. The molecule has 2 aromatic rings. The smallest absolute Gasteiger partial charge is 0.269 e. The van der Waals surface area contributed by atoms with E-state index in [4.69, 9.17) is 9.47 Å². The molecule has 0 aliphatic heterocycles. The van der Waals surface area contributed by atoms with E-state index in [1.807, 2.05) is 30.3 Å². The highest BCUT2D eigenvalue weighted by molar-refractivity contribution is 5.95. The van der Waals surface area contributed by atoms with Crippen LogP contribution in [0.4, 0.5) is 0 Å². The van der Waals surface area contributed by atoms with Gasteiger partial charge in [0.05, 0.1) is 0 Å². The highest BCUT2D eigenvalue weighted by Gasteiger charge is 2.21. The molecule has 0 heterocycles. The lowest BCUT2D eigenvalue weighted by atomic mass is 9.89. The lowest BCUT2D eigenvalue weighted by Crippen LogP contribution is -2.44. The molecule has 3 rings (SSSR count). The lowest BCUT2D eigenvalue weighted by molar-refractivity contribution is -0.126. The van der Waals surface area contributed by atoms with E-state index < -0.39 is 0 Å². The van der Waals surface area contributed by atoms with Gasteiger partial charge in [0.25, 0.3) is 5.91 Å². The van der Waals surface area contributed by atoms with Crippen molar-refractivity contribution in [3.05, 3.63) is 60.2 Å². The largest absolute Gasteiger partial charge is 0.490 e. The van der Waals surface area contributed by atoms with Crippen LogP contribution < -0.4 is 20.3 Å². The molecule has 0 spiro atoms. The first-order valence-electron chi connectivity index (χ1n) is 9.73. The monoisotopic (exact) mass is 382 g/mol. The van der Waals surface area contributed by atoms with Crippen LogP contribution in [0.2, 0.25) is 0 Å². The maximum absolute atomic E-state index is 12.2. The van der Waals surface area contributed by atoms with E-state index in [2.05, 4.69) is 10.9 Å². The molecule has 0 atom stereocenters. The van der Waals surface area contributed by atoms with Crippen LogP contribution in [0, 0.1) is 5.92 Å². The highest BCUT2D eigenvalue weighted by Crippen LogP contribution is 2.23. The zero-order valence-electron chi connectivity index (χ0n) is 15.9. The predicted molar refractivity (Wildman–Crippen MR) is 106 cm³/mol. The molecule has 148 valence electrons. The van der Waals surface area contributed by atoms with Gasteiger partial charge in [-0.05, 0) is 49.2 Å². The molecule has 0 aromatic heterocycles. The molecule has 2 amide bonds. The van der Waals surface area contributed by atoms with E-state index >= 15 is 0 Å². The fourth-order valence-electron chi connectivity index (χ4n) is 3.20. The first-order valence-corrected chi connectivity index (χ1v) is 9.73. The third-order valence-electron chi connectivity index (χ3n) is 4.76. The Balaban J connectivity index is 1.38. The van der Waals surface area contributed by atoms with Gasteiger partial charge in [-0.25, -0.2) is 0 Å². The van der Waals surface area contributed by atoms with Crippen molar-refractivity contribution < 1.29 is 19.1 Å². The molecule has 0 bridgehead atoms. The summed E-state index contributed by atoms with van der Waals surface area (Å²) < 4.78 is 11.2. The van der Waals surface area contributed by atoms with Crippen LogP contribution >= 0.6 is 0 Å². The molecule has 28 heavy (non-hydrogen) atoms. The van der Waals surface area contributed by atoms with Crippen molar-refractivity contribution in [1.29, 1.82) is 0 Å². The van der Waals surface area contributed by atoms with Gasteiger partial charge in [0, 0.05) is 11.5 Å². The number of hydrogen-bond donors (Lipinski definition) is 2. The summed E-state index contributed by atoms with van der Waals surface area (Å²) in [5.74, 6) is 1.00. The van der Waals surface area contributed by atoms with Crippen LogP contribution in [0.1, 0.15) is 42.5 Å². The van der Waals surface area contributed by atoms with Crippen LogP contribution in [-0.2, 0) is 4.79 Å². The maximum Gasteiger partial charge on any atom is 0.269 e. The zero-order valence-corrected chi connectivity index (χ0v) is 15.9. The molecule has 1 saturated carbocycles. The van der Waals surface area contributed by atoms with Crippen molar-refractivity contribution in [3.63, 3.8) is 0 Å². The second kappa shape index (κ2) is 10.3. The van der Waals surface area contributed by atoms with Gasteiger partial charge in [0.15, 0.2) is 0 Å². The summed E-state index contributed by atoms with van der Waals surface area (Å²) in [6.45, 7) is 0.831. The van der Waals surface area contributed by atoms with Gasteiger partial charge in [-0.15, -0.1) is 0 Å². The molecule has 6 nitrogen and oxygen atoms in total. The Bertz CT molecular complexity index is 756. The number of nitrogens with one attached hydrogen (secondary N) is 2. The summed E-state index contributed by atoms with van der Waals surface area (Å²) in [7, 11) is 0. The Morgan fingerprint density at radius 3 is 2.04 bits per heavy atom. The topological polar surface area (TPSA) is 76.7 Å². The van der Waals surface area contributed by atoms with Crippen molar-refractivity contribution in [2.24, 2.45) is 5.92 Å². The van der Waals surface area contributed by atoms with E-state index in [-0.39, 0.29) is 17.7 Å². The third-order valence-corrected chi connectivity index (χ3v) is 4.76. The van der Waals surface area contributed by atoms with E-state index in [1.54, 1.807) is 24.3 Å². The van der Waals surface area contributed by atoms with Crippen LogP contribution in [-0.4, -0.2) is 25.0 Å². The Kier molecular flexibility index (Phi) is 7.29. The molecule has 0 radical (unpaired) electrons. The summed E-state index contributed by atoms with van der Waals surface area (Å²) in [4.78, 5) is 24.3. The molecule has 2 aromatic carbocycles. The summed E-state index contributed by atoms with van der Waals surface area (Å²) in [6.07, 6.45) is 5.11. The van der Waals surface area contributed by atoms with E-state index in [9.17, 15) is 9.59 Å². The fourth-order valence-corrected chi connectivity index (χ4v) is 3.20. The summed E-state index contributed by atoms with van der Waals surface area (Å²) in [5.41, 5.74) is 5.48. The SMILES string of the molecule is O=C(NNC(=O)C1CCCCC1)c1ccc(OCCOc2ccccc2)cc1. The minimum Gasteiger partial charge on any atom is -0.490 e. The van der Waals surface area contributed by atoms with Gasteiger partial charge in [-0.1, -0.05) is 37.5 Å². The number of rotatable bonds is 7. The number of carbonyl (C=O) groups excluding carboxylic acids is 2. The van der Waals surface area contributed by atoms with Gasteiger partial charge in [-0.3, -0.25) is 20.4 Å². The molecule has 6 heteroatoms. The number of ether oxygens (including phenoxy) is 2. The minimum absolute atomic E-state index is 0.00271. The van der Waals surface area contributed by atoms with Crippen LogP contribution in [0.3, 0.4) is 0 Å². The first kappa shape index (κ1) is 19.7. The zero-order chi connectivity index (χ0) is 19.6. The lowest BCUT2D eigenvalue weighted by Gasteiger charge is -2.20. The fraction of sp³-hybridized carbons (Fsp3) is 0.364. The number of para-hydroxylation sites is 1. The van der Waals surface area contributed by atoms with Crippen molar-refractivity contribution in [3.8, 4) is 11.5 Å². The maximum atomic E-state index is 12.2. The van der Waals surface area contributed by atoms with Crippen LogP contribution in [0.5, 0.6) is 11.5 Å². The van der Waals surface area contributed by atoms with Crippen molar-refractivity contribution >= 4 is 11.8 Å². The quantitative estimate of drug-likeness (QED) is 0.568. The molecule has 1 aliphatic rings. The number of benzene rings is 2. The third kappa shape index (κ3) is 6.01. The van der Waals surface area contributed by atoms with Gasteiger partial charge < -0.3 is 9.47 Å². The summed E-state index contributed by atoms with van der Waals surface area (Å²) in [5, 5.41) is 0. The predicted octanol–water partition coefficient (Wildman–Crippen LogP) is 3.49. The summed E-state index contributed by atoms with van der Waals surface area (Å²) in [6, 6.07) is 16.3. The van der Waals surface area contributed by atoms with E-state index in [1.165, 1.54) is 6.42 Å². The molecular weight excluding hydrogens is 356 g/mol.